The fourth-order valence-corrected chi connectivity index (χ4v) is 5.98. The van der Waals surface area contributed by atoms with E-state index in [1.165, 1.54) is 109 Å². The third-order valence-electron chi connectivity index (χ3n) is 8.66. The number of hydrogen-bond acceptors (Lipinski definition) is 6. The lowest BCUT2D eigenvalue weighted by Crippen LogP contribution is -2.29. The fraction of sp³-hybridized carbons (Fsp3) is 0.805. The quantitative estimate of drug-likeness (QED) is 0.0281. The average molecular weight is 727 g/mol. The van der Waals surface area contributed by atoms with E-state index in [1.807, 2.05) is 0 Å². The first kappa shape index (κ1) is 48.3. The predicted molar refractivity (Wildman–Crippen MR) is 207 cm³/mol. The van der Waals surface area contributed by atoms with E-state index in [4.69, 9.17) is 19.3 Å². The Hall–Kier alpha value is -1.73. The van der Waals surface area contributed by atoms with Crippen LogP contribution in [-0.4, -0.2) is 41.0 Å². The topological polar surface area (TPSA) is 119 Å². The smallest absolute Gasteiger partial charge is 0.462 e. The molecule has 1 atom stereocenters. The largest absolute Gasteiger partial charge is 0.469 e. The van der Waals surface area contributed by atoms with Crippen molar-refractivity contribution in [3.8, 4) is 0 Å². The Morgan fingerprint density at radius 1 is 0.520 bits per heavy atom. The second kappa shape index (κ2) is 37.0. The lowest BCUT2D eigenvalue weighted by atomic mass is 10.0. The third kappa shape index (κ3) is 39.1. The van der Waals surface area contributed by atoms with Gasteiger partial charge in [0, 0.05) is 12.8 Å². The summed E-state index contributed by atoms with van der Waals surface area (Å²) in [5.74, 6) is -0.924. The molecular weight excluding hydrogens is 651 g/mol. The van der Waals surface area contributed by atoms with Crippen LogP contribution in [0.5, 0.6) is 0 Å². The van der Waals surface area contributed by atoms with Crippen molar-refractivity contribution in [3.63, 3.8) is 0 Å². The maximum absolute atomic E-state index is 12.4. The first-order valence-corrected chi connectivity index (χ1v) is 21.8. The Morgan fingerprint density at radius 3 is 1.38 bits per heavy atom. The maximum Gasteiger partial charge on any atom is 0.469 e. The van der Waals surface area contributed by atoms with Crippen molar-refractivity contribution in [2.24, 2.45) is 0 Å². The highest BCUT2D eigenvalue weighted by molar-refractivity contribution is 7.46. The van der Waals surface area contributed by atoms with Crippen LogP contribution in [0, 0.1) is 0 Å². The number of phosphoric ester groups is 1. The highest BCUT2D eigenvalue weighted by Crippen LogP contribution is 2.36. The van der Waals surface area contributed by atoms with Crippen molar-refractivity contribution in [2.75, 3.05) is 13.2 Å². The zero-order chi connectivity index (χ0) is 36.8. The molecule has 8 nitrogen and oxygen atoms in total. The number of hydrogen-bond donors (Lipinski definition) is 2. The molecule has 0 amide bonds. The first-order chi connectivity index (χ1) is 24.3. The van der Waals surface area contributed by atoms with E-state index in [9.17, 15) is 14.2 Å². The Morgan fingerprint density at radius 2 is 0.900 bits per heavy atom. The molecule has 0 fully saturated rings. The molecule has 0 rings (SSSR count). The highest BCUT2D eigenvalue weighted by Gasteiger charge is 2.22. The van der Waals surface area contributed by atoms with Crippen molar-refractivity contribution < 1.29 is 37.9 Å². The molecule has 50 heavy (non-hydrogen) atoms. The Balaban J connectivity index is 3.97. The zero-order valence-electron chi connectivity index (χ0n) is 32.0. The molecule has 0 aliphatic carbocycles. The van der Waals surface area contributed by atoms with Crippen LogP contribution >= 0.6 is 7.82 Å². The monoisotopic (exact) mass is 727 g/mol. The van der Waals surface area contributed by atoms with Gasteiger partial charge in [-0.25, -0.2) is 4.57 Å². The molecule has 9 heteroatoms. The van der Waals surface area contributed by atoms with Crippen LogP contribution < -0.4 is 0 Å². The molecule has 0 aliphatic heterocycles. The molecule has 0 aliphatic rings. The second-order valence-electron chi connectivity index (χ2n) is 13.6. The number of carbonyl (C=O) groups is 2. The van der Waals surface area contributed by atoms with Crippen molar-refractivity contribution in [3.05, 3.63) is 36.5 Å². The minimum absolute atomic E-state index is 0.165. The lowest BCUT2D eigenvalue weighted by Gasteiger charge is -2.18. The van der Waals surface area contributed by atoms with Crippen LogP contribution in [0.25, 0.3) is 0 Å². The molecule has 0 heterocycles. The van der Waals surface area contributed by atoms with Gasteiger partial charge in [-0.15, -0.1) is 0 Å². The molecule has 0 unspecified atom stereocenters. The van der Waals surface area contributed by atoms with Crippen molar-refractivity contribution >= 4 is 19.8 Å². The van der Waals surface area contributed by atoms with Crippen LogP contribution in [0.15, 0.2) is 36.5 Å². The fourth-order valence-electron chi connectivity index (χ4n) is 5.61. The molecule has 0 aromatic carbocycles. The van der Waals surface area contributed by atoms with Gasteiger partial charge in [0.15, 0.2) is 6.10 Å². The minimum Gasteiger partial charge on any atom is -0.462 e. The van der Waals surface area contributed by atoms with E-state index < -0.39 is 32.5 Å². The Kier molecular flexibility index (Phi) is 35.8. The van der Waals surface area contributed by atoms with Crippen LogP contribution in [0.1, 0.15) is 194 Å². The summed E-state index contributed by atoms with van der Waals surface area (Å²) in [6, 6.07) is 0. The van der Waals surface area contributed by atoms with Gasteiger partial charge in [0.1, 0.15) is 6.61 Å². The SMILES string of the molecule is CCCCC/C=C/C/C=C/C/C=C/CCCCC(=O)O[C@H](COC(=O)CCCCCCCCCCCCCCCCCCC)COP(=O)(O)O. The summed E-state index contributed by atoms with van der Waals surface area (Å²) < 4.78 is 26.3. The highest BCUT2D eigenvalue weighted by atomic mass is 31.2. The number of esters is 2. The summed E-state index contributed by atoms with van der Waals surface area (Å²) in [6.07, 6.45) is 43.0. The van der Waals surface area contributed by atoms with E-state index >= 15 is 0 Å². The van der Waals surface area contributed by atoms with Gasteiger partial charge in [-0.2, -0.15) is 0 Å². The number of allylic oxidation sites excluding steroid dienone is 6. The molecule has 2 N–H and O–H groups in total. The number of phosphoric acid groups is 1. The summed E-state index contributed by atoms with van der Waals surface area (Å²) in [6.45, 7) is 3.63. The summed E-state index contributed by atoms with van der Waals surface area (Å²) in [5, 5.41) is 0. The number of rotatable bonds is 37. The van der Waals surface area contributed by atoms with E-state index in [-0.39, 0.29) is 19.4 Å². The van der Waals surface area contributed by atoms with Crippen LogP contribution in [-0.2, 0) is 28.2 Å². The molecule has 0 radical (unpaired) electrons. The molecule has 0 saturated heterocycles. The zero-order valence-corrected chi connectivity index (χ0v) is 32.9. The molecule has 0 bridgehead atoms. The number of carbonyl (C=O) groups excluding carboxylic acids is 2. The summed E-state index contributed by atoms with van der Waals surface area (Å²) >= 11 is 0. The lowest BCUT2D eigenvalue weighted by molar-refractivity contribution is -0.161. The molecule has 0 aromatic rings. The van der Waals surface area contributed by atoms with Gasteiger partial charge in [0.2, 0.25) is 0 Å². The molecular formula is C41H75O8P. The number of ether oxygens (including phenoxy) is 2. The van der Waals surface area contributed by atoms with Gasteiger partial charge in [-0.1, -0.05) is 166 Å². The third-order valence-corrected chi connectivity index (χ3v) is 9.15. The predicted octanol–water partition coefficient (Wildman–Crippen LogP) is 12.2. The van der Waals surface area contributed by atoms with Gasteiger partial charge < -0.3 is 19.3 Å². The molecule has 0 spiro atoms. The van der Waals surface area contributed by atoms with Gasteiger partial charge >= 0.3 is 19.8 Å². The van der Waals surface area contributed by atoms with E-state index in [1.54, 1.807) is 0 Å². The second-order valence-corrected chi connectivity index (χ2v) is 14.9. The average Bonchev–Trinajstić information content (AvgIpc) is 3.08. The molecule has 0 saturated carbocycles. The van der Waals surface area contributed by atoms with Crippen LogP contribution in [0.3, 0.4) is 0 Å². The van der Waals surface area contributed by atoms with E-state index in [0.29, 0.717) is 6.42 Å². The van der Waals surface area contributed by atoms with Crippen LogP contribution in [0.2, 0.25) is 0 Å². The van der Waals surface area contributed by atoms with Gasteiger partial charge in [-0.05, 0) is 51.4 Å². The normalized spacial score (nSPS) is 12.8. The maximum atomic E-state index is 12.4. The van der Waals surface area contributed by atoms with Gasteiger partial charge in [0.25, 0.3) is 0 Å². The van der Waals surface area contributed by atoms with Crippen molar-refractivity contribution in [2.45, 2.75) is 200 Å². The number of unbranched alkanes of at least 4 members (excludes halogenated alkanes) is 21. The van der Waals surface area contributed by atoms with Crippen molar-refractivity contribution in [1.82, 2.24) is 0 Å². The summed E-state index contributed by atoms with van der Waals surface area (Å²) in [4.78, 5) is 42.8. The van der Waals surface area contributed by atoms with Gasteiger partial charge in [-0.3, -0.25) is 14.1 Å². The minimum atomic E-state index is -4.76. The Bertz CT molecular complexity index is 910. The molecule has 292 valence electrons. The first-order valence-electron chi connectivity index (χ1n) is 20.3. The molecule has 0 aromatic heterocycles. The van der Waals surface area contributed by atoms with E-state index in [2.05, 4.69) is 54.8 Å². The summed E-state index contributed by atoms with van der Waals surface area (Å²) in [7, 11) is -4.76. The Labute approximate surface area is 306 Å². The van der Waals surface area contributed by atoms with Crippen LogP contribution in [0.4, 0.5) is 0 Å². The van der Waals surface area contributed by atoms with Crippen molar-refractivity contribution in [1.29, 1.82) is 0 Å². The standard InChI is InChI=1S/C41H75O8P/c1-3-5-7-9-11-13-15-17-19-20-22-23-25-27-29-31-33-35-40(42)47-37-39(38-48-50(44,45)46)49-41(43)36-34-32-30-28-26-24-21-18-16-14-12-10-8-6-4-2/h12,14,18,21,26,28,39H,3-11,13,15-17,19-20,22-25,27,29-38H2,1-2H3,(H2,44,45,46)/b14-12+,21-18+,28-26+/t39-/m1/s1. The van der Waals surface area contributed by atoms with E-state index in [0.717, 1.165) is 51.4 Å². The van der Waals surface area contributed by atoms with Gasteiger partial charge in [0.05, 0.1) is 6.61 Å². The summed E-state index contributed by atoms with van der Waals surface area (Å²) in [5.41, 5.74) is 0.